The van der Waals surface area contributed by atoms with Crippen molar-refractivity contribution in [3.05, 3.63) is 59.6 Å². The lowest BCUT2D eigenvalue weighted by atomic mass is 10.2. The van der Waals surface area contributed by atoms with Crippen LogP contribution in [0.1, 0.15) is 0 Å². The monoisotopic (exact) mass is 407 g/mol. The summed E-state index contributed by atoms with van der Waals surface area (Å²) in [6.45, 7) is 2.34. The molecule has 144 valence electrons. The molecule has 2 aromatic rings. The average molecular weight is 408 g/mol. The van der Waals surface area contributed by atoms with Crippen molar-refractivity contribution >= 4 is 38.9 Å². The van der Waals surface area contributed by atoms with Crippen molar-refractivity contribution in [2.75, 3.05) is 48.2 Å². The summed E-state index contributed by atoms with van der Waals surface area (Å²) in [6.07, 6.45) is 1.10. The third-order valence-corrected chi connectivity index (χ3v) is 5.94. The van der Waals surface area contributed by atoms with Crippen LogP contribution in [0.3, 0.4) is 0 Å². The van der Waals surface area contributed by atoms with Crippen LogP contribution in [0.15, 0.2) is 54.6 Å². The van der Waals surface area contributed by atoms with Crippen LogP contribution in [0.25, 0.3) is 0 Å². The van der Waals surface area contributed by atoms with Gasteiger partial charge in [0, 0.05) is 36.9 Å². The largest absolute Gasteiger partial charge is 0.368 e. The van der Waals surface area contributed by atoms with Crippen LogP contribution in [-0.2, 0) is 14.8 Å². The van der Waals surface area contributed by atoms with E-state index in [9.17, 15) is 13.2 Å². The zero-order valence-electron chi connectivity index (χ0n) is 15.1. The molecule has 0 unspecified atom stereocenters. The molecular formula is C19H22ClN3O3S. The van der Waals surface area contributed by atoms with Crippen molar-refractivity contribution < 1.29 is 13.2 Å². The molecule has 1 amide bonds. The summed E-state index contributed by atoms with van der Waals surface area (Å²) < 4.78 is 25.5. The van der Waals surface area contributed by atoms with Gasteiger partial charge in [-0.3, -0.25) is 9.10 Å². The Bertz CT molecular complexity index is 880. The number of hydrogen-bond donors (Lipinski definition) is 0. The van der Waals surface area contributed by atoms with Crippen molar-refractivity contribution in [1.29, 1.82) is 0 Å². The molecule has 0 saturated carbocycles. The predicted molar refractivity (Wildman–Crippen MR) is 109 cm³/mol. The maximum atomic E-state index is 12.7. The van der Waals surface area contributed by atoms with Gasteiger partial charge in [-0.25, -0.2) is 8.42 Å². The minimum atomic E-state index is -3.59. The van der Waals surface area contributed by atoms with Crippen LogP contribution >= 0.6 is 11.6 Å². The fraction of sp³-hybridized carbons (Fsp3) is 0.316. The van der Waals surface area contributed by atoms with E-state index in [1.54, 1.807) is 29.2 Å². The minimum absolute atomic E-state index is 0.205. The Kier molecular flexibility index (Phi) is 5.92. The van der Waals surface area contributed by atoms with Gasteiger partial charge in [0.05, 0.1) is 11.9 Å². The van der Waals surface area contributed by atoms with Gasteiger partial charge in [0.1, 0.15) is 6.54 Å². The fourth-order valence-electron chi connectivity index (χ4n) is 3.08. The first-order valence-corrected chi connectivity index (χ1v) is 10.9. The second-order valence-electron chi connectivity index (χ2n) is 6.45. The summed E-state index contributed by atoms with van der Waals surface area (Å²) in [5.41, 5.74) is 1.56. The van der Waals surface area contributed by atoms with Crippen LogP contribution in [0, 0.1) is 0 Å². The number of carbonyl (C=O) groups excluding carboxylic acids is 1. The minimum Gasteiger partial charge on any atom is -0.368 e. The zero-order valence-corrected chi connectivity index (χ0v) is 16.7. The Morgan fingerprint density at radius 2 is 1.59 bits per heavy atom. The van der Waals surface area contributed by atoms with Crippen molar-refractivity contribution in [1.82, 2.24) is 4.90 Å². The van der Waals surface area contributed by atoms with Crippen LogP contribution in [-0.4, -0.2) is 58.2 Å². The molecule has 1 aliphatic heterocycles. The Labute approximate surface area is 165 Å². The summed E-state index contributed by atoms with van der Waals surface area (Å²) >= 11 is 5.87. The van der Waals surface area contributed by atoms with Gasteiger partial charge in [0.2, 0.25) is 15.9 Å². The number of rotatable bonds is 5. The number of carbonyl (C=O) groups is 1. The Balaban J connectivity index is 1.66. The van der Waals surface area contributed by atoms with E-state index in [2.05, 4.69) is 4.90 Å². The lowest BCUT2D eigenvalue weighted by Crippen LogP contribution is -2.51. The molecular weight excluding hydrogens is 386 g/mol. The van der Waals surface area contributed by atoms with Gasteiger partial charge in [-0.15, -0.1) is 0 Å². The van der Waals surface area contributed by atoms with Crippen molar-refractivity contribution in [2.45, 2.75) is 0 Å². The highest BCUT2D eigenvalue weighted by Crippen LogP contribution is 2.21. The highest BCUT2D eigenvalue weighted by molar-refractivity contribution is 7.92. The maximum absolute atomic E-state index is 12.7. The second kappa shape index (κ2) is 8.19. The maximum Gasteiger partial charge on any atom is 0.243 e. The molecule has 0 aliphatic carbocycles. The first-order chi connectivity index (χ1) is 12.8. The predicted octanol–water partition coefficient (Wildman–Crippen LogP) is 2.45. The van der Waals surface area contributed by atoms with Crippen LogP contribution in [0.5, 0.6) is 0 Å². The molecule has 2 aromatic carbocycles. The number of anilines is 2. The average Bonchev–Trinajstić information content (AvgIpc) is 2.67. The van der Waals surface area contributed by atoms with E-state index in [0.717, 1.165) is 29.3 Å². The first-order valence-electron chi connectivity index (χ1n) is 8.65. The van der Waals surface area contributed by atoms with E-state index < -0.39 is 10.0 Å². The number of nitrogens with zero attached hydrogens (tertiary/aromatic N) is 3. The molecule has 6 nitrogen and oxygen atoms in total. The fourth-order valence-corrected chi connectivity index (χ4v) is 4.06. The van der Waals surface area contributed by atoms with E-state index in [0.29, 0.717) is 23.8 Å². The molecule has 0 atom stereocenters. The number of piperazine rings is 1. The number of halogens is 1. The summed E-state index contributed by atoms with van der Waals surface area (Å²) in [6, 6.07) is 16.5. The van der Waals surface area contributed by atoms with Crippen LogP contribution in [0.2, 0.25) is 5.02 Å². The molecule has 1 aliphatic rings. The van der Waals surface area contributed by atoms with Crippen LogP contribution in [0.4, 0.5) is 11.4 Å². The smallest absolute Gasteiger partial charge is 0.243 e. The molecule has 1 heterocycles. The zero-order chi connectivity index (χ0) is 19.4. The highest BCUT2D eigenvalue weighted by atomic mass is 35.5. The molecule has 0 bridgehead atoms. The molecule has 1 saturated heterocycles. The van der Waals surface area contributed by atoms with Crippen molar-refractivity contribution in [3.8, 4) is 0 Å². The third kappa shape index (κ3) is 4.93. The van der Waals surface area contributed by atoms with E-state index in [1.807, 2.05) is 30.3 Å². The Hall–Kier alpha value is -2.25. The molecule has 0 radical (unpaired) electrons. The van der Waals surface area contributed by atoms with Gasteiger partial charge in [-0.1, -0.05) is 29.8 Å². The quantitative estimate of drug-likeness (QED) is 0.763. The van der Waals surface area contributed by atoms with Gasteiger partial charge < -0.3 is 9.80 Å². The SMILES string of the molecule is CS(=O)(=O)N(CC(=O)N1CCN(c2ccccc2)CC1)c1ccc(Cl)cc1. The number of hydrogen-bond acceptors (Lipinski definition) is 4. The lowest BCUT2D eigenvalue weighted by Gasteiger charge is -2.37. The second-order valence-corrected chi connectivity index (χ2v) is 8.79. The van der Waals surface area contributed by atoms with E-state index >= 15 is 0 Å². The lowest BCUT2D eigenvalue weighted by molar-refractivity contribution is -0.129. The topological polar surface area (TPSA) is 60.9 Å². The molecule has 27 heavy (non-hydrogen) atoms. The van der Waals surface area contributed by atoms with Crippen molar-refractivity contribution in [3.63, 3.8) is 0 Å². The Morgan fingerprint density at radius 3 is 2.15 bits per heavy atom. The van der Waals surface area contributed by atoms with Gasteiger partial charge in [0.15, 0.2) is 0 Å². The number of amides is 1. The highest BCUT2D eigenvalue weighted by Gasteiger charge is 2.26. The van der Waals surface area contributed by atoms with Gasteiger partial charge in [-0.05, 0) is 36.4 Å². The summed E-state index contributed by atoms with van der Waals surface area (Å²) in [5.74, 6) is -0.205. The third-order valence-electron chi connectivity index (χ3n) is 4.55. The van der Waals surface area contributed by atoms with E-state index in [4.69, 9.17) is 11.6 Å². The van der Waals surface area contributed by atoms with Gasteiger partial charge in [-0.2, -0.15) is 0 Å². The van der Waals surface area contributed by atoms with Crippen molar-refractivity contribution in [2.24, 2.45) is 0 Å². The number of benzene rings is 2. The normalized spacial score (nSPS) is 14.9. The molecule has 3 rings (SSSR count). The summed E-state index contributed by atoms with van der Waals surface area (Å²) in [5, 5.41) is 0.510. The molecule has 1 fully saturated rings. The number of para-hydroxylation sites is 1. The Morgan fingerprint density at radius 1 is 1.00 bits per heavy atom. The van der Waals surface area contributed by atoms with E-state index in [-0.39, 0.29) is 12.5 Å². The summed E-state index contributed by atoms with van der Waals surface area (Å²) in [7, 11) is -3.59. The molecule has 0 aromatic heterocycles. The number of sulfonamides is 1. The molecule has 0 spiro atoms. The summed E-state index contributed by atoms with van der Waals surface area (Å²) in [4.78, 5) is 16.6. The van der Waals surface area contributed by atoms with Gasteiger partial charge in [0.25, 0.3) is 0 Å². The molecule has 0 N–H and O–H groups in total. The van der Waals surface area contributed by atoms with Gasteiger partial charge >= 0.3 is 0 Å². The van der Waals surface area contributed by atoms with Crippen LogP contribution < -0.4 is 9.21 Å². The van der Waals surface area contributed by atoms with E-state index in [1.165, 1.54) is 0 Å². The first kappa shape index (κ1) is 19.5. The standard InChI is InChI=1S/C19H22ClN3O3S/c1-27(25,26)23(18-9-7-16(20)8-10-18)15-19(24)22-13-11-21(12-14-22)17-5-3-2-4-6-17/h2-10H,11-15H2,1H3. The molecule has 8 heteroatoms.